The topological polar surface area (TPSA) is 81.7 Å². The van der Waals surface area contributed by atoms with E-state index >= 15 is 0 Å². The Hall–Kier alpha value is -2.81. The minimum atomic E-state index is -1.05. The molecule has 1 aromatic heterocycles. The van der Waals surface area contributed by atoms with Crippen LogP contribution in [0.25, 0.3) is 0 Å². The molecular formula is C20H21F2NO5S. The number of amides is 1. The Morgan fingerprint density at radius 3 is 2.31 bits per heavy atom. The van der Waals surface area contributed by atoms with Crippen molar-refractivity contribution in [3.8, 4) is 0 Å². The van der Waals surface area contributed by atoms with Crippen LogP contribution in [0.5, 0.6) is 0 Å². The van der Waals surface area contributed by atoms with Gasteiger partial charge in [0.25, 0.3) is 5.91 Å². The molecule has 0 radical (unpaired) electrons. The lowest BCUT2D eigenvalue weighted by Crippen LogP contribution is -2.22. The first kappa shape index (κ1) is 22.5. The summed E-state index contributed by atoms with van der Waals surface area (Å²) in [4.78, 5) is 36.4. The van der Waals surface area contributed by atoms with Crippen LogP contribution in [0, 0.1) is 17.6 Å². The van der Waals surface area contributed by atoms with Crippen LogP contribution in [0.2, 0.25) is 0 Å². The molecule has 0 bridgehead atoms. The van der Waals surface area contributed by atoms with E-state index < -0.39 is 36.1 Å². The maximum atomic E-state index is 13.2. The van der Waals surface area contributed by atoms with Gasteiger partial charge in [-0.2, -0.15) is 0 Å². The van der Waals surface area contributed by atoms with Crippen LogP contribution in [-0.4, -0.2) is 31.1 Å². The molecule has 1 N–H and O–H groups in total. The average Bonchev–Trinajstić information content (AvgIpc) is 3.00. The molecule has 29 heavy (non-hydrogen) atoms. The molecule has 2 rings (SSSR count). The standard InChI is InChI=1S/C20H21F2NO5S/c1-4-27-20(26)17-13(5-11(2)3)10-29-18(17)23-16(24)9-28-19(25)12-6-14(21)8-15(22)7-12/h6-8,10-11H,4-5,9H2,1-3H3,(H,23,24). The summed E-state index contributed by atoms with van der Waals surface area (Å²) in [5.41, 5.74) is 0.682. The average molecular weight is 425 g/mol. The van der Waals surface area contributed by atoms with Crippen molar-refractivity contribution in [1.29, 1.82) is 0 Å². The van der Waals surface area contributed by atoms with Crippen molar-refractivity contribution < 1.29 is 32.6 Å². The van der Waals surface area contributed by atoms with Gasteiger partial charge in [-0.25, -0.2) is 18.4 Å². The first-order valence-corrected chi connectivity index (χ1v) is 9.79. The second-order valence-electron chi connectivity index (χ2n) is 6.57. The Morgan fingerprint density at radius 2 is 1.72 bits per heavy atom. The zero-order valence-corrected chi connectivity index (χ0v) is 17.0. The highest BCUT2D eigenvalue weighted by Crippen LogP contribution is 2.31. The fraction of sp³-hybridized carbons (Fsp3) is 0.350. The van der Waals surface area contributed by atoms with Crippen molar-refractivity contribution in [2.75, 3.05) is 18.5 Å². The third-order valence-electron chi connectivity index (χ3n) is 3.66. The number of esters is 2. The van der Waals surface area contributed by atoms with E-state index in [0.717, 1.165) is 29.0 Å². The number of carbonyl (C=O) groups is 3. The summed E-state index contributed by atoms with van der Waals surface area (Å²) >= 11 is 1.16. The smallest absolute Gasteiger partial charge is 0.341 e. The molecule has 0 aliphatic carbocycles. The van der Waals surface area contributed by atoms with Crippen LogP contribution in [0.1, 0.15) is 47.1 Å². The van der Waals surface area contributed by atoms with Gasteiger partial charge in [-0.3, -0.25) is 4.79 Å². The van der Waals surface area contributed by atoms with E-state index in [1.807, 2.05) is 13.8 Å². The molecule has 0 fully saturated rings. The number of carbonyl (C=O) groups excluding carboxylic acids is 3. The molecule has 0 atom stereocenters. The van der Waals surface area contributed by atoms with Crippen molar-refractivity contribution in [2.24, 2.45) is 5.92 Å². The minimum absolute atomic E-state index is 0.186. The highest BCUT2D eigenvalue weighted by atomic mass is 32.1. The number of rotatable bonds is 8. The Balaban J connectivity index is 2.07. The van der Waals surface area contributed by atoms with Crippen molar-refractivity contribution in [1.82, 2.24) is 0 Å². The van der Waals surface area contributed by atoms with Crippen molar-refractivity contribution in [3.05, 3.63) is 51.9 Å². The van der Waals surface area contributed by atoms with E-state index in [4.69, 9.17) is 9.47 Å². The molecule has 0 aliphatic heterocycles. The molecule has 1 aromatic carbocycles. The predicted octanol–water partition coefficient (Wildman–Crippen LogP) is 4.20. The minimum Gasteiger partial charge on any atom is -0.462 e. The summed E-state index contributed by atoms with van der Waals surface area (Å²) in [6.07, 6.45) is 0.626. The monoisotopic (exact) mass is 425 g/mol. The van der Waals surface area contributed by atoms with Gasteiger partial charge >= 0.3 is 11.9 Å². The summed E-state index contributed by atoms with van der Waals surface area (Å²) in [7, 11) is 0. The second kappa shape index (κ2) is 10.1. The molecule has 6 nitrogen and oxygen atoms in total. The van der Waals surface area contributed by atoms with Crippen LogP contribution < -0.4 is 5.32 Å². The number of anilines is 1. The van der Waals surface area contributed by atoms with E-state index in [9.17, 15) is 23.2 Å². The van der Waals surface area contributed by atoms with Crippen LogP contribution in [-0.2, 0) is 20.7 Å². The van der Waals surface area contributed by atoms with Gasteiger partial charge in [0, 0.05) is 6.07 Å². The summed E-state index contributed by atoms with van der Waals surface area (Å²) in [6.45, 7) is 5.18. The van der Waals surface area contributed by atoms with Crippen molar-refractivity contribution in [3.63, 3.8) is 0 Å². The fourth-order valence-electron chi connectivity index (χ4n) is 2.55. The van der Waals surface area contributed by atoms with Crippen molar-refractivity contribution >= 4 is 34.2 Å². The molecule has 1 amide bonds. The molecule has 0 aliphatic rings. The highest BCUT2D eigenvalue weighted by molar-refractivity contribution is 7.15. The molecule has 1 heterocycles. The van der Waals surface area contributed by atoms with Crippen molar-refractivity contribution in [2.45, 2.75) is 27.2 Å². The van der Waals surface area contributed by atoms with Gasteiger partial charge in [0.2, 0.25) is 0 Å². The Morgan fingerprint density at radius 1 is 1.07 bits per heavy atom. The summed E-state index contributed by atoms with van der Waals surface area (Å²) in [5, 5.41) is 4.58. The third kappa shape index (κ3) is 6.35. The van der Waals surface area contributed by atoms with E-state index in [1.54, 1.807) is 12.3 Å². The van der Waals surface area contributed by atoms with Gasteiger partial charge in [0.05, 0.1) is 17.7 Å². The molecular weight excluding hydrogens is 404 g/mol. The van der Waals surface area contributed by atoms with E-state index in [1.165, 1.54) is 0 Å². The number of halogens is 2. The number of thiophene rings is 1. The van der Waals surface area contributed by atoms with Gasteiger partial charge in [-0.05, 0) is 42.3 Å². The van der Waals surface area contributed by atoms with Gasteiger partial charge in [-0.1, -0.05) is 13.8 Å². The van der Waals surface area contributed by atoms with Crippen LogP contribution in [0.4, 0.5) is 13.8 Å². The lowest BCUT2D eigenvalue weighted by Gasteiger charge is -2.10. The number of hydrogen-bond acceptors (Lipinski definition) is 6. The van der Waals surface area contributed by atoms with Gasteiger partial charge < -0.3 is 14.8 Å². The van der Waals surface area contributed by atoms with Gasteiger partial charge in [0.1, 0.15) is 16.6 Å². The normalized spacial score (nSPS) is 10.7. The molecule has 0 spiro atoms. The molecule has 156 valence electrons. The Labute approximate surface area is 170 Å². The summed E-state index contributed by atoms with van der Waals surface area (Å²) < 4.78 is 36.2. The number of nitrogens with one attached hydrogen (secondary N) is 1. The number of benzene rings is 1. The largest absolute Gasteiger partial charge is 0.462 e. The summed E-state index contributed by atoms with van der Waals surface area (Å²) in [5.74, 6) is -3.87. The Kier molecular flexibility index (Phi) is 7.83. The summed E-state index contributed by atoms with van der Waals surface area (Å²) in [6, 6.07) is 2.23. The zero-order chi connectivity index (χ0) is 21.6. The van der Waals surface area contributed by atoms with Crippen LogP contribution >= 0.6 is 11.3 Å². The highest BCUT2D eigenvalue weighted by Gasteiger charge is 2.22. The lowest BCUT2D eigenvalue weighted by atomic mass is 10.0. The Bertz CT molecular complexity index is 890. The van der Waals surface area contributed by atoms with Crippen LogP contribution in [0.15, 0.2) is 23.6 Å². The molecule has 2 aromatic rings. The third-order valence-corrected chi connectivity index (χ3v) is 4.60. The SMILES string of the molecule is CCOC(=O)c1c(CC(C)C)csc1NC(=O)COC(=O)c1cc(F)cc(F)c1. The fourth-order valence-corrected chi connectivity index (χ4v) is 3.53. The number of ether oxygens (including phenoxy) is 2. The maximum absolute atomic E-state index is 13.2. The molecule has 0 saturated carbocycles. The lowest BCUT2D eigenvalue weighted by molar-refractivity contribution is -0.119. The quantitative estimate of drug-likeness (QED) is 0.641. The van der Waals surface area contributed by atoms with E-state index in [0.29, 0.717) is 12.5 Å². The van der Waals surface area contributed by atoms with E-state index in [2.05, 4.69) is 5.32 Å². The second-order valence-corrected chi connectivity index (χ2v) is 7.45. The first-order chi connectivity index (χ1) is 13.7. The predicted molar refractivity (Wildman–Crippen MR) is 104 cm³/mol. The van der Waals surface area contributed by atoms with Crippen LogP contribution in [0.3, 0.4) is 0 Å². The zero-order valence-electron chi connectivity index (χ0n) is 16.2. The van der Waals surface area contributed by atoms with E-state index in [-0.39, 0.29) is 28.7 Å². The first-order valence-electron chi connectivity index (χ1n) is 8.91. The van der Waals surface area contributed by atoms with Gasteiger partial charge in [0.15, 0.2) is 6.61 Å². The molecule has 0 unspecified atom stereocenters. The number of hydrogen-bond donors (Lipinski definition) is 1. The van der Waals surface area contributed by atoms with Gasteiger partial charge in [-0.15, -0.1) is 11.3 Å². The molecule has 0 saturated heterocycles. The molecule has 9 heteroatoms. The maximum Gasteiger partial charge on any atom is 0.341 e.